The average Bonchev–Trinajstić information content (AvgIpc) is 3.35. The van der Waals surface area contributed by atoms with Crippen LogP contribution in [0.3, 0.4) is 0 Å². The number of halogens is 3. The zero-order chi connectivity index (χ0) is 22.8. The molecule has 0 saturated heterocycles. The molecule has 0 saturated carbocycles. The van der Waals surface area contributed by atoms with E-state index in [-0.39, 0.29) is 0 Å². The summed E-state index contributed by atoms with van der Waals surface area (Å²) in [7, 11) is 0. The summed E-state index contributed by atoms with van der Waals surface area (Å²) < 4.78 is 5.34. The Bertz CT molecular complexity index is 1540. The lowest BCUT2D eigenvalue weighted by Crippen LogP contribution is -1.95. The van der Waals surface area contributed by atoms with E-state index in [0.717, 1.165) is 46.9 Å². The van der Waals surface area contributed by atoms with E-state index < -0.39 is 0 Å². The average molecular weight is 581 g/mol. The summed E-state index contributed by atoms with van der Waals surface area (Å²) in [5.74, 6) is 0. The molecule has 0 amide bonds. The maximum atomic E-state index is 6.37. The second-order valence-corrected chi connectivity index (χ2v) is 9.30. The van der Waals surface area contributed by atoms with Crippen molar-refractivity contribution in [1.29, 1.82) is 0 Å². The molecule has 5 heteroatoms. The number of fused-ring (bicyclic) bond motifs is 2. The van der Waals surface area contributed by atoms with Gasteiger partial charge in [-0.2, -0.15) is 0 Å². The van der Waals surface area contributed by atoms with E-state index >= 15 is 0 Å². The van der Waals surface area contributed by atoms with Gasteiger partial charge in [-0.1, -0.05) is 96.0 Å². The summed E-state index contributed by atoms with van der Waals surface area (Å²) in [6, 6.07) is 36.8. The molecule has 4 aromatic carbocycles. The first-order valence-corrected chi connectivity index (χ1v) is 12.3. The largest absolute Gasteiger partial charge is 0.315 e. The quantitative estimate of drug-likeness (QED) is 0.181. The maximum absolute atomic E-state index is 6.37. The van der Waals surface area contributed by atoms with Gasteiger partial charge in [0.05, 0.1) is 21.1 Å². The van der Waals surface area contributed by atoms with Crippen molar-refractivity contribution in [3.63, 3.8) is 0 Å². The van der Waals surface area contributed by atoms with Crippen molar-refractivity contribution in [2.24, 2.45) is 0 Å². The number of para-hydroxylation sites is 4. The highest BCUT2D eigenvalue weighted by Gasteiger charge is 2.13. The molecule has 33 heavy (non-hydrogen) atoms. The molecule has 0 aliphatic heterocycles. The van der Waals surface area contributed by atoms with Crippen LogP contribution >= 0.6 is 45.8 Å². The van der Waals surface area contributed by atoms with E-state index in [1.54, 1.807) is 0 Å². The fraction of sp³-hybridized carbons (Fsp3) is 0. The van der Waals surface area contributed by atoms with Crippen LogP contribution in [0, 0.1) is 3.70 Å². The number of benzene rings is 4. The van der Waals surface area contributed by atoms with Crippen LogP contribution in [0.25, 0.3) is 33.2 Å². The Morgan fingerprint density at radius 2 is 1.06 bits per heavy atom. The third-order valence-electron chi connectivity index (χ3n) is 5.47. The van der Waals surface area contributed by atoms with Gasteiger partial charge in [0, 0.05) is 28.3 Å². The Morgan fingerprint density at radius 3 is 1.73 bits per heavy atom. The first-order valence-electron chi connectivity index (χ1n) is 10.5. The Kier molecular flexibility index (Phi) is 6.45. The van der Waals surface area contributed by atoms with Crippen LogP contribution in [0.1, 0.15) is 0 Å². The van der Waals surface area contributed by atoms with Gasteiger partial charge >= 0.3 is 0 Å². The van der Waals surface area contributed by atoms with Gasteiger partial charge in [-0.3, -0.25) is 0 Å². The minimum absolute atomic E-state index is 0.791. The Hall–Kier alpha value is -2.73. The lowest BCUT2D eigenvalue weighted by atomic mass is 10.2. The summed E-state index contributed by atoms with van der Waals surface area (Å²) in [5, 5.41) is 3.81. The van der Waals surface area contributed by atoms with Crippen LogP contribution in [-0.2, 0) is 0 Å². The monoisotopic (exact) mass is 580 g/mol. The van der Waals surface area contributed by atoms with Crippen LogP contribution in [-0.4, -0.2) is 9.13 Å². The summed E-state index contributed by atoms with van der Waals surface area (Å²) in [4.78, 5) is 0. The first-order chi connectivity index (χ1) is 16.1. The van der Waals surface area contributed by atoms with Gasteiger partial charge in [0.15, 0.2) is 0 Å². The minimum atomic E-state index is 0.791. The zero-order valence-electron chi connectivity index (χ0n) is 17.5. The number of rotatable bonds is 2. The predicted molar refractivity (Wildman–Crippen MR) is 149 cm³/mol. The molecule has 162 valence electrons. The summed E-state index contributed by atoms with van der Waals surface area (Å²) in [5.41, 5.74) is 4.55. The number of hydrogen-bond acceptors (Lipinski definition) is 0. The molecule has 2 aromatic heterocycles. The second-order valence-electron chi connectivity index (χ2n) is 7.49. The highest BCUT2D eigenvalue weighted by Crippen LogP contribution is 2.34. The summed E-state index contributed by atoms with van der Waals surface area (Å²) in [6.07, 6.45) is 1.96. The van der Waals surface area contributed by atoms with Crippen LogP contribution < -0.4 is 0 Å². The molecule has 0 unspecified atom stereocenters. The number of aromatic nitrogens is 2. The second kappa shape index (κ2) is 9.64. The van der Waals surface area contributed by atoms with Gasteiger partial charge in [0.25, 0.3) is 0 Å². The zero-order valence-corrected chi connectivity index (χ0v) is 21.2. The van der Waals surface area contributed by atoms with Gasteiger partial charge in [-0.25, -0.2) is 0 Å². The standard InChI is InChI=1S/C14H9ClIN.C14H10ClN/c15-13-11-8-4-5-9-12(11)17(14(13)16)10-6-2-1-3-7-10;15-13-10-16(11-6-2-1-3-7-11)14-9-5-4-8-12(13)14/h1-9H;1-10H. The SMILES string of the molecule is Clc1c(I)n(-c2ccccc2)c2ccccc12.Clc1cn(-c2ccccc2)c2ccccc12. The molecule has 0 aliphatic rings. The molecule has 0 aliphatic carbocycles. The van der Waals surface area contributed by atoms with E-state index in [1.165, 1.54) is 0 Å². The van der Waals surface area contributed by atoms with Crippen LogP contribution in [0.4, 0.5) is 0 Å². The summed E-state index contributed by atoms with van der Waals surface area (Å²) in [6.45, 7) is 0. The molecule has 0 N–H and O–H groups in total. The van der Waals surface area contributed by atoms with Crippen LogP contribution in [0.2, 0.25) is 10.0 Å². The van der Waals surface area contributed by atoms with Crippen LogP contribution in [0.15, 0.2) is 115 Å². The fourth-order valence-electron chi connectivity index (χ4n) is 3.94. The van der Waals surface area contributed by atoms with Gasteiger partial charge in [0.2, 0.25) is 0 Å². The number of nitrogens with zero attached hydrogens (tertiary/aromatic N) is 2. The molecule has 2 heterocycles. The number of hydrogen-bond donors (Lipinski definition) is 0. The lowest BCUT2D eigenvalue weighted by Gasteiger charge is -2.06. The molecule has 0 radical (unpaired) electrons. The Labute approximate surface area is 216 Å². The van der Waals surface area contributed by atoms with Crippen molar-refractivity contribution in [1.82, 2.24) is 9.13 Å². The van der Waals surface area contributed by atoms with E-state index in [2.05, 4.69) is 74.2 Å². The van der Waals surface area contributed by atoms with E-state index in [9.17, 15) is 0 Å². The van der Waals surface area contributed by atoms with Crippen molar-refractivity contribution in [2.45, 2.75) is 0 Å². The molecule has 6 aromatic rings. The van der Waals surface area contributed by atoms with E-state index in [1.807, 2.05) is 72.9 Å². The fourth-order valence-corrected chi connectivity index (χ4v) is 5.27. The Balaban J connectivity index is 0.000000139. The molecule has 0 bridgehead atoms. The smallest absolute Gasteiger partial charge is 0.104 e. The topological polar surface area (TPSA) is 9.86 Å². The molecule has 0 fully saturated rings. The van der Waals surface area contributed by atoms with Gasteiger partial charge in [0.1, 0.15) is 3.70 Å². The van der Waals surface area contributed by atoms with Crippen LogP contribution in [0.5, 0.6) is 0 Å². The van der Waals surface area contributed by atoms with Crippen molar-refractivity contribution >= 4 is 67.6 Å². The third-order valence-corrected chi connectivity index (χ3v) is 7.50. The normalized spacial score (nSPS) is 10.9. The van der Waals surface area contributed by atoms with Gasteiger partial charge < -0.3 is 9.13 Å². The van der Waals surface area contributed by atoms with Gasteiger partial charge in [-0.05, 0) is 59.0 Å². The molecule has 0 spiro atoms. The van der Waals surface area contributed by atoms with E-state index in [4.69, 9.17) is 23.2 Å². The molecule has 0 atom stereocenters. The van der Waals surface area contributed by atoms with Gasteiger partial charge in [-0.15, -0.1) is 0 Å². The summed E-state index contributed by atoms with van der Waals surface area (Å²) >= 11 is 14.9. The minimum Gasteiger partial charge on any atom is -0.315 e. The lowest BCUT2D eigenvalue weighted by molar-refractivity contribution is 1.09. The van der Waals surface area contributed by atoms with Crippen molar-refractivity contribution in [3.05, 3.63) is 129 Å². The molecule has 6 rings (SSSR count). The molecular weight excluding hydrogens is 562 g/mol. The molecule has 2 nitrogen and oxygen atoms in total. The maximum Gasteiger partial charge on any atom is 0.104 e. The third kappa shape index (κ3) is 4.29. The highest BCUT2D eigenvalue weighted by molar-refractivity contribution is 14.1. The van der Waals surface area contributed by atoms with Crippen molar-refractivity contribution in [2.75, 3.05) is 0 Å². The van der Waals surface area contributed by atoms with E-state index in [0.29, 0.717) is 0 Å². The van der Waals surface area contributed by atoms with Crippen molar-refractivity contribution < 1.29 is 0 Å². The molecular formula is C28H19Cl2IN2. The highest BCUT2D eigenvalue weighted by atomic mass is 127. The van der Waals surface area contributed by atoms with Crippen molar-refractivity contribution in [3.8, 4) is 11.4 Å². The first kappa shape index (κ1) is 22.1. The Morgan fingerprint density at radius 1 is 0.545 bits per heavy atom. The predicted octanol–water partition coefficient (Wildman–Crippen LogP) is 9.17.